The molecular weight excluding hydrogens is 323 g/mol. The van der Waals surface area contributed by atoms with Crippen LogP contribution >= 0.6 is 11.6 Å². The Hall–Kier alpha value is -1.92. The van der Waals surface area contributed by atoms with Crippen molar-refractivity contribution in [3.63, 3.8) is 0 Å². The Labute approximate surface area is 137 Å². The molecule has 1 fully saturated rings. The molecular formula is C16H16ClFN2O3. The molecule has 0 aliphatic carbocycles. The average Bonchev–Trinajstić information content (AvgIpc) is 3.14. The molecule has 1 amide bonds. The summed E-state index contributed by atoms with van der Waals surface area (Å²) >= 11 is 5.83. The van der Waals surface area contributed by atoms with Crippen LogP contribution in [-0.4, -0.2) is 46.3 Å². The fourth-order valence-corrected chi connectivity index (χ4v) is 2.83. The van der Waals surface area contributed by atoms with E-state index in [4.69, 9.17) is 16.0 Å². The molecule has 1 N–H and O–H groups in total. The Kier molecular flexibility index (Phi) is 4.63. The molecule has 1 aromatic carbocycles. The highest BCUT2D eigenvalue weighted by atomic mass is 35.5. The smallest absolute Gasteiger partial charge is 0.229 e. The Morgan fingerprint density at radius 2 is 2.17 bits per heavy atom. The molecule has 0 radical (unpaired) electrons. The SMILES string of the molecule is O=C(Cc1coc(-c2ccc(Cl)cc2)n1)N1C[C@@H](F)C[C@H]1CO. The zero-order valence-electron chi connectivity index (χ0n) is 12.3. The normalized spacial score (nSPS) is 20.9. The third-order valence-corrected chi connectivity index (χ3v) is 4.12. The van der Waals surface area contributed by atoms with Gasteiger partial charge in [0.05, 0.1) is 31.3 Å². The van der Waals surface area contributed by atoms with Crippen LogP contribution in [0.3, 0.4) is 0 Å². The molecule has 0 saturated carbocycles. The number of aliphatic hydroxyl groups is 1. The number of rotatable bonds is 4. The lowest BCUT2D eigenvalue weighted by Crippen LogP contribution is -2.38. The van der Waals surface area contributed by atoms with Crippen molar-refractivity contribution in [2.45, 2.75) is 25.1 Å². The van der Waals surface area contributed by atoms with Crippen molar-refractivity contribution >= 4 is 17.5 Å². The highest BCUT2D eigenvalue weighted by Crippen LogP contribution is 2.23. The average molecular weight is 339 g/mol. The number of benzene rings is 1. The number of likely N-dealkylation sites (tertiary alicyclic amines) is 1. The van der Waals surface area contributed by atoms with Crippen LogP contribution in [-0.2, 0) is 11.2 Å². The van der Waals surface area contributed by atoms with Gasteiger partial charge in [0, 0.05) is 17.0 Å². The van der Waals surface area contributed by atoms with E-state index in [0.29, 0.717) is 16.6 Å². The predicted molar refractivity (Wildman–Crippen MR) is 82.8 cm³/mol. The summed E-state index contributed by atoms with van der Waals surface area (Å²) in [4.78, 5) is 17.9. The topological polar surface area (TPSA) is 66.6 Å². The van der Waals surface area contributed by atoms with Crippen molar-refractivity contribution in [1.82, 2.24) is 9.88 Å². The Morgan fingerprint density at radius 3 is 2.87 bits per heavy atom. The van der Waals surface area contributed by atoms with Crippen LogP contribution in [0.4, 0.5) is 4.39 Å². The van der Waals surface area contributed by atoms with E-state index in [1.165, 1.54) is 11.2 Å². The van der Waals surface area contributed by atoms with Gasteiger partial charge in [-0.3, -0.25) is 4.79 Å². The number of alkyl halides is 1. The van der Waals surface area contributed by atoms with Crippen LogP contribution in [0, 0.1) is 0 Å². The number of hydrogen-bond donors (Lipinski definition) is 1. The number of halogens is 2. The van der Waals surface area contributed by atoms with Gasteiger partial charge in [0.1, 0.15) is 12.4 Å². The highest BCUT2D eigenvalue weighted by molar-refractivity contribution is 6.30. The van der Waals surface area contributed by atoms with Crippen molar-refractivity contribution in [2.75, 3.05) is 13.2 Å². The van der Waals surface area contributed by atoms with Crippen LogP contribution in [0.2, 0.25) is 5.02 Å². The molecule has 23 heavy (non-hydrogen) atoms. The second kappa shape index (κ2) is 6.68. The van der Waals surface area contributed by atoms with Gasteiger partial charge in [-0.1, -0.05) is 11.6 Å². The molecule has 2 atom stereocenters. The first kappa shape index (κ1) is 16.0. The first-order chi connectivity index (χ1) is 11.1. The number of carbonyl (C=O) groups is 1. The molecule has 122 valence electrons. The lowest BCUT2D eigenvalue weighted by molar-refractivity contribution is -0.132. The molecule has 0 bridgehead atoms. The van der Waals surface area contributed by atoms with Gasteiger partial charge >= 0.3 is 0 Å². The molecule has 0 unspecified atom stereocenters. The van der Waals surface area contributed by atoms with Crippen molar-refractivity contribution in [3.05, 3.63) is 41.2 Å². The van der Waals surface area contributed by atoms with Gasteiger partial charge < -0.3 is 14.4 Å². The van der Waals surface area contributed by atoms with E-state index in [-0.39, 0.29) is 31.9 Å². The maximum absolute atomic E-state index is 13.4. The van der Waals surface area contributed by atoms with Gasteiger partial charge in [0.2, 0.25) is 11.8 Å². The molecule has 2 heterocycles. The summed E-state index contributed by atoms with van der Waals surface area (Å²) < 4.78 is 18.8. The number of oxazole rings is 1. The summed E-state index contributed by atoms with van der Waals surface area (Å²) in [5, 5.41) is 9.85. The van der Waals surface area contributed by atoms with E-state index in [1.54, 1.807) is 24.3 Å². The fourth-order valence-electron chi connectivity index (χ4n) is 2.71. The number of amides is 1. The number of carbonyl (C=O) groups excluding carboxylic acids is 1. The van der Waals surface area contributed by atoms with E-state index in [2.05, 4.69) is 4.98 Å². The van der Waals surface area contributed by atoms with Crippen LogP contribution in [0.25, 0.3) is 11.5 Å². The van der Waals surface area contributed by atoms with Crippen molar-refractivity contribution in [3.8, 4) is 11.5 Å². The molecule has 3 rings (SSSR count). The minimum atomic E-state index is -1.09. The molecule has 1 saturated heterocycles. The van der Waals surface area contributed by atoms with Crippen molar-refractivity contribution in [2.24, 2.45) is 0 Å². The van der Waals surface area contributed by atoms with Gasteiger partial charge in [-0.15, -0.1) is 0 Å². The van der Waals surface area contributed by atoms with E-state index < -0.39 is 12.2 Å². The standard InChI is InChI=1S/C16H16ClFN2O3/c17-11-3-1-10(2-4-11)16-19-13(9-23-16)6-15(22)20-7-12(18)5-14(20)8-21/h1-4,9,12,14,21H,5-8H2/t12-,14-/m0/s1. The second-order valence-electron chi connectivity index (χ2n) is 5.54. The third-order valence-electron chi connectivity index (χ3n) is 3.87. The predicted octanol–water partition coefficient (Wildman–Crippen LogP) is 2.47. The monoisotopic (exact) mass is 338 g/mol. The fraction of sp³-hybridized carbons (Fsp3) is 0.375. The Bertz CT molecular complexity index is 689. The molecule has 7 heteroatoms. The minimum absolute atomic E-state index is 0.0142. The van der Waals surface area contributed by atoms with E-state index in [0.717, 1.165) is 5.56 Å². The number of aromatic nitrogens is 1. The maximum atomic E-state index is 13.4. The quantitative estimate of drug-likeness (QED) is 0.930. The van der Waals surface area contributed by atoms with Crippen LogP contribution in [0.5, 0.6) is 0 Å². The lowest BCUT2D eigenvalue weighted by atomic mass is 10.2. The number of hydrogen-bond acceptors (Lipinski definition) is 4. The molecule has 1 aliphatic rings. The summed E-state index contributed by atoms with van der Waals surface area (Å²) in [6.45, 7) is -0.215. The number of nitrogens with zero attached hydrogens (tertiary/aromatic N) is 2. The zero-order valence-corrected chi connectivity index (χ0v) is 13.0. The van der Waals surface area contributed by atoms with Gasteiger partial charge in [0.25, 0.3) is 0 Å². The van der Waals surface area contributed by atoms with Gasteiger partial charge in [-0.25, -0.2) is 9.37 Å². The van der Waals surface area contributed by atoms with Crippen LogP contribution in [0.1, 0.15) is 12.1 Å². The minimum Gasteiger partial charge on any atom is -0.444 e. The lowest BCUT2D eigenvalue weighted by Gasteiger charge is -2.21. The molecule has 2 aromatic rings. The van der Waals surface area contributed by atoms with Crippen LogP contribution in [0.15, 0.2) is 34.9 Å². The third kappa shape index (κ3) is 3.54. The highest BCUT2D eigenvalue weighted by Gasteiger charge is 2.34. The van der Waals surface area contributed by atoms with Crippen LogP contribution < -0.4 is 0 Å². The zero-order chi connectivity index (χ0) is 16.4. The summed E-state index contributed by atoms with van der Waals surface area (Å²) in [6.07, 6.45) is 0.522. The van der Waals surface area contributed by atoms with Gasteiger partial charge in [0.15, 0.2) is 0 Å². The molecule has 5 nitrogen and oxygen atoms in total. The molecule has 0 spiro atoms. The summed E-state index contributed by atoms with van der Waals surface area (Å²) in [5.41, 5.74) is 1.23. The first-order valence-corrected chi connectivity index (χ1v) is 7.69. The first-order valence-electron chi connectivity index (χ1n) is 7.31. The van der Waals surface area contributed by atoms with Crippen molar-refractivity contribution < 1.29 is 18.7 Å². The molecule has 1 aliphatic heterocycles. The van der Waals surface area contributed by atoms with E-state index in [9.17, 15) is 14.3 Å². The maximum Gasteiger partial charge on any atom is 0.229 e. The summed E-state index contributed by atoms with van der Waals surface area (Å²) in [6, 6.07) is 6.54. The number of aliphatic hydroxyl groups excluding tert-OH is 1. The second-order valence-corrected chi connectivity index (χ2v) is 5.98. The summed E-state index contributed by atoms with van der Waals surface area (Å²) in [7, 11) is 0. The molecule has 1 aromatic heterocycles. The van der Waals surface area contributed by atoms with Gasteiger partial charge in [-0.2, -0.15) is 0 Å². The Balaban J connectivity index is 1.69. The summed E-state index contributed by atoms with van der Waals surface area (Å²) in [5.74, 6) is 0.133. The largest absolute Gasteiger partial charge is 0.444 e. The van der Waals surface area contributed by atoms with Gasteiger partial charge in [-0.05, 0) is 24.3 Å². The Morgan fingerprint density at radius 1 is 1.43 bits per heavy atom. The van der Waals surface area contributed by atoms with E-state index >= 15 is 0 Å². The van der Waals surface area contributed by atoms with Crippen molar-refractivity contribution in [1.29, 1.82) is 0 Å². The van der Waals surface area contributed by atoms with E-state index in [1.807, 2.05) is 0 Å².